The Bertz CT molecular complexity index is 1600. The summed E-state index contributed by atoms with van der Waals surface area (Å²) in [5.74, 6) is 2.57. The Morgan fingerprint density at radius 3 is 1.48 bits per heavy atom. The number of aliphatic hydroxyl groups excluding tert-OH is 1. The van der Waals surface area contributed by atoms with Crippen molar-refractivity contribution < 1.29 is 34.0 Å². The minimum atomic E-state index is -0.377. The summed E-state index contributed by atoms with van der Waals surface area (Å²) in [6.45, 7) is 10.7. The zero-order valence-electron chi connectivity index (χ0n) is 30.3. The molecule has 2 atom stereocenters. The van der Waals surface area contributed by atoms with Crippen LogP contribution in [0.25, 0.3) is 0 Å². The van der Waals surface area contributed by atoms with Crippen LogP contribution in [0.3, 0.4) is 0 Å². The normalized spacial score (nSPS) is 16.0. The number of benzene rings is 4. The Hall–Kier alpha value is -5.02. The van der Waals surface area contributed by atoms with Gasteiger partial charge in [-0.3, -0.25) is 9.59 Å². The molecule has 0 unspecified atom stereocenters. The van der Waals surface area contributed by atoms with E-state index in [0.717, 1.165) is 30.8 Å². The lowest BCUT2D eigenvalue weighted by Crippen LogP contribution is -2.34. The first-order valence-electron chi connectivity index (χ1n) is 17.8. The molecule has 0 radical (unpaired) electrons. The highest BCUT2D eigenvalue weighted by Crippen LogP contribution is 2.20. The van der Waals surface area contributed by atoms with E-state index in [4.69, 9.17) is 19.3 Å². The number of aliphatic hydroxyl groups is 1. The highest BCUT2D eigenvalue weighted by atomic mass is 16.5. The molecule has 0 bridgehead atoms. The first-order chi connectivity index (χ1) is 24.6. The van der Waals surface area contributed by atoms with E-state index in [-0.39, 0.29) is 44.7 Å². The van der Waals surface area contributed by atoms with E-state index in [0.29, 0.717) is 44.1 Å². The average Bonchev–Trinajstić information content (AvgIpc) is 3.82. The Kier molecular flexibility index (Phi) is 17.0. The predicted octanol–water partition coefficient (Wildman–Crippen LogP) is 7.17. The summed E-state index contributed by atoms with van der Waals surface area (Å²) in [4.78, 5) is 27.6. The van der Waals surface area contributed by atoms with Crippen molar-refractivity contribution in [3.63, 3.8) is 0 Å². The Labute approximate surface area is 309 Å². The van der Waals surface area contributed by atoms with Crippen LogP contribution >= 0.6 is 0 Å². The van der Waals surface area contributed by atoms with Crippen LogP contribution in [-0.4, -0.2) is 83.4 Å². The number of aromatic hydroxyl groups is 1. The predicted molar refractivity (Wildman–Crippen MR) is 206 cm³/mol. The second kappa shape index (κ2) is 21.4. The Morgan fingerprint density at radius 1 is 0.635 bits per heavy atom. The minimum absolute atomic E-state index is 0. The van der Waals surface area contributed by atoms with Gasteiger partial charge in [0.25, 0.3) is 11.8 Å². The van der Waals surface area contributed by atoms with Gasteiger partial charge in [0.1, 0.15) is 29.1 Å². The van der Waals surface area contributed by atoms with Crippen LogP contribution in [0.4, 0.5) is 0 Å². The molecule has 4 aromatic carbocycles. The van der Waals surface area contributed by atoms with Gasteiger partial charge in [0.2, 0.25) is 0 Å². The van der Waals surface area contributed by atoms with Gasteiger partial charge in [-0.25, -0.2) is 0 Å². The minimum Gasteiger partial charge on any atom is -0.508 e. The first-order valence-corrected chi connectivity index (χ1v) is 17.8. The van der Waals surface area contributed by atoms with Gasteiger partial charge in [0, 0.05) is 26.1 Å². The summed E-state index contributed by atoms with van der Waals surface area (Å²) in [5, 5.41) is 18.1. The molecule has 2 N–H and O–H groups in total. The maximum Gasteiger partial charge on any atom is 0.260 e. The van der Waals surface area contributed by atoms with E-state index in [9.17, 15) is 14.7 Å². The summed E-state index contributed by atoms with van der Waals surface area (Å²) < 4.78 is 17.0. The van der Waals surface area contributed by atoms with Crippen molar-refractivity contribution in [2.75, 3.05) is 39.4 Å². The van der Waals surface area contributed by atoms with Crippen LogP contribution in [0.15, 0.2) is 97.1 Å². The van der Waals surface area contributed by atoms with E-state index in [1.54, 1.807) is 17.0 Å². The van der Waals surface area contributed by atoms with E-state index in [1.807, 2.05) is 96.8 Å². The van der Waals surface area contributed by atoms with E-state index >= 15 is 0 Å². The number of ether oxygens (including phenoxy) is 3. The number of carbonyl (C=O) groups is 2. The molecular formula is C43H56N2O7. The van der Waals surface area contributed by atoms with Crippen LogP contribution in [0.2, 0.25) is 0 Å². The first kappa shape index (κ1) is 41.4. The molecule has 2 aliphatic rings. The van der Waals surface area contributed by atoms with Crippen LogP contribution in [0.5, 0.6) is 23.0 Å². The van der Waals surface area contributed by atoms with Gasteiger partial charge >= 0.3 is 0 Å². The third kappa shape index (κ3) is 13.9. The van der Waals surface area contributed by atoms with Crippen LogP contribution in [0, 0.1) is 13.8 Å². The van der Waals surface area contributed by atoms with Gasteiger partial charge in [0.15, 0.2) is 13.2 Å². The summed E-state index contributed by atoms with van der Waals surface area (Å²) in [6.07, 6.45) is 3.18. The molecule has 2 fully saturated rings. The van der Waals surface area contributed by atoms with Crippen molar-refractivity contribution in [1.29, 1.82) is 0 Å². The Morgan fingerprint density at radius 2 is 1.06 bits per heavy atom. The van der Waals surface area contributed by atoms with Crippen LogP contribution in [-0.2, 0) is 22.4 Å². The molecule has 0 aromatic heterocycles. The molecule has 2 heterocycles. The maximum atomic E-state index is 12.3. The number of phenolic OH excluding ortho intramolecular Hbond substituents is 1. The van der Waals surface area contributed by atoms with Crippen LogP contribution < -0.4 is 14.2 Å². The van der Waals surface area contributed by atoms with Crippen molar-refractivity contribution >= 4 is 11.8 Å². The number of amides is 2. The van der Waals surface area contributed by atoms with Crippen molar-refractivity contribution in [2.45, 2.75) is 73.0 Å². The number of aryl methyl sites for hydroxylation is 4. The fourth-order valence-corrected chi connectivity index (χ4v) is 5.49. The van der Waals surface area contributed by atoms with Gasteiger partial charge in [-0.1, -0.05) is 80.9 Å². The van der Waals surface area contributed by atoms with E-state index < -0.39 is 0 Å². The number of likely N-dealkylation sites (tertiary alicyclic amines) is 2. The zero-order valence-corrected chi connectivity index (χ0v) is 30.3. The number of hydrogen-bond acceptors (Lipinski definition) is 7. The standard InChI is InChI=1S/C21H25NO3.C14H19NO3.C7H8O.CH4/c1-3-17-6-10-18(11-7-17)24-15-21(23)22-13-12-20(14-22)25-19-8-4-16(2)5-9-19;1-2-11-3-5-13(6-4-11)18-10-14(17)15-8-7-12(16)9-15;1-6-2-4-7(8)5-3-6;/h4-11,20H,3,12-15H2,1-2H3;3-6,12,16H,2,7-10H2,1H3;2-5,8H,1H3;1H4/t20-;12-;;/m01../s1. The van der Waals surface area contributed by atoms with Crippen molar-refractivity contribution in [1.82, 2.24) is 9.80 Å². The summed E-state index contributed by atoms with van der Waals surface area (Å²) in [6, 6.07) is 30.8. The lowest BCUT2D eigenvalue weighted by Gasteiger charge is -2.17. The van der Waals surface area contributed by atoms with Crippen molar-refractivity contribution in [3.05, 3.63) is 119 Å². The van der Waals surface area contributed by atoms with Gasteiger partial charge in [-0.15, -0.1) is 0 Å². The fourth-order valence-electron chi connectivity index (χ4n) is 5.49. The van der Waals surface area contributed by atoms with Gasteiger partial charge in [-0.2, -0.15) is 0 Å². The second-order valence-electron chi connectivity index (χ2n) is 12.9. The smallest absolute Gasteiger partial charge is 0.260 e. The van der Waals surface area contributed by atoms with Gasteiger partial charge in [0.05, 0.1) is 12.6 Å². The summed E-state index contributed by atoms with van der Waals surface area (Å²) >= 11 is 0. The highest BCUT2D eigenvalue weighted by Gasteiger charge is 2.28. The molecule has 9 nitrogen and oxygen atoms in total. The molecule has 280 valence electrons. The van der Waals surface area contributed by atoms with Crippen LogP contribution in [0.1, 0.15) is 56.4 Å². The van der Waals surface area contributed by atoms with Gasteiger partial charge < -0.3 is 34.2 Å². The molecule has 0 saturated carbocycles. The topological polar surface area (TPSA) is 109 Å². The van der Waals surface area contributed by atoms with E-state index in [2.05, 4.69) is 20.8 Å². The number of phenols is 1. The largest absolute Gasteiger partial charge is 0.508 e. The Balaban J connectivity index is 0.000000235. The number of carbonyl (C=O) groups excluding carboxylic acids is 2. The number of hydrogen-bond donors (Lipinski definition) is 2. The molecule has 4 aromatic rings. The highest BCUT2D eigenvalue weighted by molar-refractivity contribution is 5.78. The molecule has 0 aliphatic carbocycles. The number of β-amino-alcohol motifs (C(OH)–C–C–N with tert-alkyl or cyclic N) is 1. The number of rotatable bonds is 10. The zero-order chi connectivity index (χ0) is 36.6. The molecule has 2 amide bonds. The lowest BCUT2D eigenvalue weighted by molar-refractivity contribution is -0.133. The SMILES string of the molecule is C.CCc1ccc(OCC(=O)N2CC[C@@H](O)C2)cc1.CCc1ccc(OCC(=O)N2CC[C@H](Oc3ccc(C)cc3)C2)cc1.Cc1ccc(O)cc1. The molecular weight excluding hydrogens is 656 g/mol. The molecule has 2 saturated heterocycles. The van der Waals surface area contributed by atoms with E-state index in [1.165, 1.54) is 22.3 Å². The quantitative estimate of drug-likeness (QED) is 0.180. The molecule has 6 rings (SSSR count). The second-order valence-corrected chi connectivity index (χ2v) is 12.9. The molecule has 2 aliphatic heterocycles. The fraction of sp³-hybridized carbons (Fsp3) is 0.395. The molecule has 0 spiro atoms. The molecule has 52 heavy (non-hydrogen) atoms. The third-order valence-electron chi connectivity index (χ3n) is 8.76. The van der Waals surface area contributed by atoms with Crippen molar-refractivity contribution in [2.24, 2.45) is 0 Å². The monoisotopic (exact) mass is 712 g/mol. The average molecular weight is 713 g/mol. The van der Waals surface area contributed by atoms with Crippen molar-refractivity contribution in [3.8, 4) is 23.0 Å². The number of nitrogens with zero attached hydrogens (tertiary/aromatic N) is 2. The third-order valence-corrected chi connectivity index (χ3v) is 8.76. The molecule has 9 heteroatoms. The summed E-state index contributed by atoms with van der Waals surface area (Å²) in [7, 11) is 0. The summed E-state index contributed by atoms with van der Waals surface area (Å²) in [5.41, 5.74) is 4.88. The lowest BCUT2D eigenvalue weighted by atomic mass is 10.2. The van der Waals surface area contributed by atoms with Gasteiger partial charge in [-0.05, 0) is 92.8 Å². The maximum absolute atomic E-state index is 12.3.